The molecule has 0 aromatic carbocycles. The second-order valence-corrected chi connectivity index (χ2v) is 21.9. The molecule has 0 spiro atoms. The smallest absolute Gasteiger partial charge is 0.220 e. The third-order valence-corrected chi connectivity index (χ3v) is 15.1. The Kier molecular flexibility index (Phi) is 49.2. The fourth-order valence-electron chi connectivity index (χ4n) is 10.2. The molecule has 1 amide bonds. The van der Waals surface area contributed by atoms with E-state index in [-0.39, 0.29) is 12.5 Å². The molecular weight excluding hydrogens is 875 g/mol. The molecule has 416 valence electrons. The summed E-state index contributed by atoms with van der Waals surface area (Å²) in [6, 6.07) is -0.801. The molecule has 0 saturated carbocycles. The number of hydrogen-bond acceptors (Lipinski definition) is 8. The highest BCUT2D eigenvalue weighted by atomic mass is 16.7. The zero-order valence-electron chi connectivity index (χ0n) is 46.3. The van der Waals surface area contributed by atoms with Gasteiger partial charge in [-0.1, -0.05) is 302 Å². The van der Waals surface area contributed by atoms with E-state index >= 15 is 0 Å². The van der Waals surface area contributed by atoms with Crippen LogP contribution < -0.4 is 5.32 Å². The standard InChI is InChI=1S/C61H119NO8/c1-3-5-7-9-11-13-15-17-19-21-23-25-26-27-28-29-30-31-33-35-37-39-41-43-45-47-49-51-57(65)62-54(53-69-61-60(68)59(67)58(66)56(52-63)70-61)55(64)50-48-46-44-42-40-38-36-34-32-24-22-20-18-16-14-12-10-8-6-4-2/h48,50,54-56,58-61,63-64,66-68H,3-47,49,51-53H2,1-2H3,(H,62,65)/b50-48+. The second-order valence-electron chi connectivity index (χ2n) is 21.9. The molecule has 0 radical (unpaired) electrons. The van der Waals surface area contributed by atoms with Crippen molar-refractivity contribution in [3.63, 3.8) is 0 Å². The summed E-state index contributed by atoms with van der Waals surface area (Å²) in [5.74, 6) is -0.169. The van der Waals surface area contributed by atoms with Crippen molar-refractivity contribution in [2.75, 3.05) is 13.2 Å². The Morgan fingerprint density at radius 1 is 0.471 bits per heavy atom. The summed E-state index contributed by atoms with van der Waals surface area (Å²) >= 11 is 0. The van der Waals surface area contributed by atoms with Gasteiger partial charge in [-0.3, -0.25) is 4.79 Å². The van der Waals surface area contributed by atoms with Crippen molar-refractivity contribution < 1.29 is 39.8 Å². The maximum Gasteiger partial charge on any atom is 0.220 e. The Morgan fingerprint density at radius 2 is 0.786 bits per heavy atom. The quantitative estimate of drug-likeness (QED) is 0.0261. The first-order chi connectivity index (χ1) is 34.3. The number of allylic oxidation sites excluding steroid dienone is 1. The zero-order chi connectivity index (χ0) is 50.8. The number of aliphatic hydroxyl groups excluding tert-OH is 5. The summed E-state index contributed by atoms with van der Waals surface area (Å²) in [5, 5.41) is 54.6. The number of ether oxygens (including phenoxy) is 2. The summed E-state index contributed by atoms with van der Waals surface area (Å²) in [6.07, 6.45) is 57.2. The predicted molar refractivity (Wildman–Crippen MR) is 295 cm³/mol. The summed E-state index contributed by atoms with van der Waals surface area (Å²) < 4.78 is 11.3. The topological polar surface area (TPSA) is 149 Å². The molecule has 9 nitrogen and oxygen atoms in total. The molecule has 1 rings (SSSR count). The highest BCUT2D eigenvalue weighted by Gasteiger charge is 2.44. The predicted octanol–water partition coefficient (Wildman–Crippen LogP) is 15.6. The van der Waals surface area contributed by atoms with Crippen LogP contribution in [0.15, 0.2) is 12.2 Å². The van der Waals surface area contributed by atoms with E-state index in [9.17, 15) is 30.3 Å². The SMILES string of the molecule is CCCCCCCCCCCCCCCCCCCC/C=C/C(O)C(COC1OC(CO)C(O)C(O)C1O)NC(=O)CCCCCCCCCCCCCCCCCCCCCCCCCCCCC. The number of nitrogens with one attached hydrogen (secondary N) is 1. The lowest BCUT2D eigenvalue weighted by Crippen LogP contribution is -2.60. The fourth-order valence-corrected chi connectivity index (χ4v) is 10.2. The van der Waals surface area contributed by atoms with Crippen LogP contribution >= 0.6 is 0 Å². The molecule has 0 aliphatic carbocycles. The summed E-state index contributed by atoms with van der Waals surface area (Å²) in [4.78, 5) is 13.1. The normalized spacial score (nSPS) is 19.3. The van der Waals surface area contributed by atoms with Gasteiger partial charge in [0.15, 0.2) is 6.29 Å². The average molecular weight is 995 g/mol. The molecule has 7 atom stereocenters. The largest absolute Gasteiger partial charge is 0.394 e. The van der Waals surface area contributed by atoms with Crippen molar-refractivity contribution in [2.24, 2.45) is 0 Å². The Bertz CT molecular complexity index is 1110. The summed E-state index contributed by atoms with van der Waals surface area (Å²) in [5.41, 5.74) is 0. The Hall–Kier alpha value is -1.07. The van der Waals surface area contributed by atoms with Crippen molar-refractivity contribution in [1.82, 2.24) is 5.32 Å². The van der Waals surface area contributed by atoms with Crippen molar-refractivity contribution in [3.8, 4) is 0 Å². The highest BCUT2D eigenvalue weighted by Crippen LogP contribution is 2.23. The first-order valence-corrected chi connectivity index (χ1v) is 30.9. The van der Waals surface area contributed by atoms with Crippen molar-refractivity contribution in [1.29, 1.82) is 0 Å². The lowest BCUT2D eigenvalue weighted by Gasteiger charge is -2.40. The molecule has 0 aromatic rings. The number of unbranched alkanes of at least 4 members (excludes halogenated alkanes) is 44. The monoisotopic (exact) mass is 994 g/mol. The van der Waals surface area contributed by atoms with Gasteiger partial charge in [-0.25, -0.2) is 0 Å². The van der Waals surface area contributed by atoms with Gasteiger partial charge >= 0.3 is 0 Å². The van der Waals surface area contributed by atoms with Crippen LogP contribution in [0.3, 0.4) is 0 Å². The van der Waals surface area contributed by atoms with Crippen LogP contribution in [0, 0.1) is 0 Å². The lowest BCUT2D eigenvalue weighted by molar-refractivity contribution is -0.302. The first-order valence-electron chi connectivity index (χ1n) is 30.9. The van der Waals surface area contributed by atoms with E-state index in [0.29, 0.717) is 6.42 Å². The molecule has 9 heteroatoms. The molecule has 70 heavy (non-hydrogen) atoms. The van der Waals surface area contributed by atoms with E-state index < -0.39 is 49.5 Å². The molecule has 1 aliphatic rings. The van der Waals surface area contributed by atoms with Crippen molar-refractivity contribution >= 4 is 5.91 Å². The van der Waals surface area contributed by atoms with Crippen molar-refractivity contribution in [2.45, 2.75) is 358 Å². The Morgan fingerprint density at radius 3 is 1.11 bits per heavy atom. The molecule has 1 heterocycles. The third-order valence-electron chi connectivity index (χ3n) is 15.1. The molecule has 0 aromatic heterocycles. The van der Waals surface area contributed by atoms with Crippen LogP contribution in [0.25, 0.3) is 0 Å². The fraction of sp³-hybridized carbons (Fsp3) is 0.951. The highest BCUT2D eigenvalue weighted by molar-refractivity contribution is 5.76. The van der Waals surface area contributed by atoms with Crippen molar-refractivity contribution in [3.05, 3.63) is 12.2 Å². The van der Waals surface area contributed by atoms with E-state index in [2.05, 4.69) is 19.2 Å². The van der Waals surface area contributed by atoms with E-state index in [1.54, 1.807) is 6.08 Å². The van der Waals surface area contributed by atoms with E-state index in [4.69, 9.17) is 9.47 Å². The number of carbonyl (C=O) groups excluding carboxylic acids is 1. The zero-order valence-corrected chi connectivity index (χ0v) is 46.3. The van der Waals surface area contributed by atoms with Gasteiger partial charge in [0.25, 0.3) is 0 Å². The Labute approximate surface area is 433 Å². The first kappa shape index (κ1) is 66.9. The van der Waals surface area contributed by atoms with Gasteiger partial charge < -0.3 is 40.3 Å². The van der Waals surface area contributed by atoms with E-state index in [1.807, 2.05) is 6.08 Å². The van der Waals surface area contributed by atoms with Gasteiger partial charge in [-0.2, -0.15) is 0 Å². The maximum absolute atomic E-state index is 13.1. The van der Waals surface area contributed by atoms with Gasteiger partial charge in [0, 0.05) is 6.42 Å². The van der Waals surface area contributed by atoms with Crippen LogP contribution in [0.4, 0.5) is 0 Å². The number of aliphatic hydroxyl groups is 5. The molecule has 6 N–H and O–H groups in total. The van der Waals surface area contributed by atoms with E-state index in [1.165, 1.54) is 257 Å². The van der Waals surface area contributed by atoms with E-state index in [0.717, 1.165) is 38.5 Å². The van der Waals surface area contributed by atoms with Crippen LogP contribution in [-0.2, 0) is 14.3 Å². The Balaban J connectivity index is 2.17. The minimum atomic E-state index is -1.56. The minimum absolute atomic E-state index is 0.169. The molecular formula is C61H119NO8. The molecule has 1 fully saturated rings. The van der Waals surface area contributed by atoms with Gasteiger partial charge in [0.05, 0.1) is 25.4 Å². The third kappa shape index (κ3) is 40.3. The summed E-state index contributed by atoms with van der Waals surface area (Å²) in [7, 11) is 0. The number of rotatable bonds is 54. The van der Waals surface area contributed by atoms with Gasteiger partial charge in [-0.05, 0) is 19.3 Å². The van der Waals surface area contributed by atoms with Gasteiger partial charge in [0.2, 0.25) is 5.91 Å². The molecule has 7 unspecified atom stereocenters. The minimum Gasteiger partial charge on any atom is -0.394 e. The summed E-state index contributed by atoms with van der Waals surface area (Å²) in [6.45, 7) is 3.83. The van der Waals surface area contributed by atoms with Crippen LogP contribution in [0.2, 0.25) is 0 Å². The number of carbonyl (C=O) groups is 1. The maximum atomic E-state index is 13.1. The van der Waals surface area contributed by atoms with Crippen LogP contribution in [-0.4, -0.2) is 87.5 Å². The second kappa shape index (κ2) is 51.4. The van der Waals surface area contributed by atoms with Gasteiger partial charge in [0.1, 0.15) is 24.4 Å². The molecule has 0 bridgehead atoms. The average Bonchev–Trinajstić information content (AvgIpc) is 3.36. The van der Waals surface area contributed by atoms with Crippen LogP contribution in [0.1, 0.15) is 316 Å². The van der Waals surface area contributed by atoms with Gasteiger partial charge in [-0.15, -0.1) is 0 Å². The lowest BCUT2D eigenvalue weighted by atomic mass is 9.99. The molecule has 1 saturated heterocycles. The number of hydrogen-bond donors (Lipinski definition) is 6. The number of amides is 1. The molecule has 1 aliphatic heterocycles. The van der Waals surface area contributed by atoms with Crippen LogP contribution in [0.5, 0.6) is 0 Å².